The zero-order chi connectivity index (χ0) is 15.7. The molecule has 0 atom stereocenters. The van der Waals surface area contributed by atoms with Gasteiger partial charge in [-0.25, -0.2) is 13.1 Å². The molecule has 1 heterocycles. The van der Waals surface area contributed by atoms with Crippen molar-refractivity contribution in [3.8, 4) is 11.1 Å². The first-order valence-corrected chi connectivity index (χ1v) is 8.02. The Morgan fingerprint density at radius 2 is 1.76 bits per heavy atom. The van der Waals surface area contributed by atoms with Crippen molar-refractivity contribution in [2.45, 2.75) is 31.2 Å². The Hall–Kier alpha value is -1.92. The average molecular weight is 305 g/mol. The maximum absolute atomic E-state index is 12.6. The van der Waals surface area contributed by atoms with Crippen LogP contribution in [0.15, 0.2) is 47.6 Å². The van der Waals surface area contributed by atoms with E-state index in [0.29, 0.717) is 16.8 Å². The summed E-state index contributed by atoms with van der Waals surface area (Å²) in [6.07, 6.45) is 3.14. The van der Waals surface area contributed by atoms with Crippen molar-refractivity contribution in [3.63, 3.8) is 0 Å². The van der Waals surface area contributed by atoms with Crippen molar-refractivity contribution in [3.05, 3.63) is 42.7 Å². The molecule has 5 nitrogen and oxygen atoms in total. The largest absolute Gasteiger partial charge is 0.398 e. The number of nitrogens with zero attached hydrogens (tertiary/aromatic N) is 1. The fraction of sp³-hybridized carbons (Fsp3) is 0.267. The van der Waals surface area contributed by atoms with Gasteiger partial charge in [-0.3, -0.25) is 4.98 Å². The Balaban J connectivity index is 2.60. The van der Waals surface area contributed by atoms with Crippen LogP contribution in [0.3, 0.4) is 0 Å². The van der Waals surface area contributed by atoms with Crippen LogP contribution in [0.1, 0.15) is 20.8 Å². The smallest absolute Gasteiger partial charge is 0.241 e. The first-order valence-electron chi connectivity index (χ1n) is 6.53. The molecule has 0 unspecified atom stereocenters. The van der Waals surface area contributed by atoms with Crippen LogP contribution >= 0.6 is 0 Å². The standard InChI is InChI=1S/C15H19N3O2S/c1-15(2,3)18-21(19,20)14-7-5-4-6-11(14)12-10-17-9-8-13(12)16/h4-10,18H,1-3H3,(H2,16,17). The highest BCUT2D eigenvalue weighted by atomic mass is 32.2. The lowest BCUT2D eigenvalue weighted by molar-refractivity contribution is 0.491. The summed E-state index contributed by atoms with van der Waals surface area (Å²) >= 11 is 0. The van der Waals surface area contributed by atoms with Crippen LogP contribution in [0.25, 0.3) is 11.1 Å². The second kappa shape index (κ2) is 5.46. The molecule has 0 aliphatic rings. The second-order valence-corrected chi connectivity index (χ2v) is 7.47. The van der Waals surface area contributed by atoms with Gasteiger partial charge in [0.1, 0.15) is 0 Å². The van der Waals surface area contributed by atoms with Crippen LogP contribution in [-0.2, 0) is 10.0 Å². The van der Waals surface area contributed by atoms with Crippen molar-refractivity contribution in [2.75, 3.05) is 5.73 Å². The number of rotatable bonds is 3. The minimum absolute atomic E-state index is 0.194. The molecule has 0 bridgehead atoms. The Bertz CT molecular complexity index is 750. The molecule has 2 aromatic rings. The van der Waals surface area contributed by atoms with Crippen molar-refractivity contribution >= 4 is 15.7 Å². The van der Waals surface area contributed by atoms with Gasteiger partial charge in [-0.2, -0.15) is 0 Å². The van der Waals surface area contributed by atoms with Crippen molar-refractivity contribution in [2.24, 2.45) is 0 Å². The number of benzene rings is 1. The summed E-state index contributed by atoms with van der Waals surface area (Å²) in [5, 5.41) is 0. The predicted octanol–water partition coefficient (Wildman–Crippen LogP) is 2.41. The van der Waals surface area contributed by atoms with Crippen LogP contribution in [0.2, 0.25) is 0 Å². The van der Waals surface area contributed by atoms with Gasteiger partial charge in [0.2, 0.25) is 10.0 Å². The van der Waals surface area contributed by atoms with E-state index in [2.05, 4.69) is 9.71 Å². The first kappa shape index (κ1) is 15.5. The topological polar surface area (TPSA) is 85.1 Å². The van der Waals surface area contributed by atoms with Gasteiger partial charge >= 0.3 is 0 Å². The number of nitrogen functional groups attached to an aromatic ring is 1. The van der Waals surface area contributed by atoms with Crippen LogP contribution in [0.5, 0.6) is 0 Å². The van der Waals surface area contributed by atoms with E-state index in [1.807, 2.05) is 0 Å². The molecule has 3 N–H and O–H groups in total. The Morgan fingerprint density at radius 3 is 2.38 bits per heavy atom. The minimum atomic E-state index is -3.65. The van der Waals surface area contributed by atoms with Gasteiger partial charge in [0.05, 0.1) is 4.90 Å². The van der Waals surface area contributed by atoms with Gasteiger partial charge in [-0.15, -0.1) is 0 Å². The van der Waals surface area contributed by atoms with Gasteiger partial charge in [0.25, 0.3) is 0 Å². The van der Waals surface area contributed by atoms with E-state index < -0.39 is 15.6 Å². The molecular formula is C15H19N3O2S. The fourth-order valence-electron chi connectivity index (χ4n) is 2.01. The van der Waals surface area contributed by atoms with Crippen LogP contribution in [-0.4, -0.2) is 18.9 Å². The molecule has 0 fully saturated rings. The molecule has 1 aromatic heterocycles. The number of sulfonamides is 1. The third-order valence-electron chi connectivity index (χ3n) is 2.76. The van der Waals surface area contributed by atoms with Crippen LogP contribution in [0, 0.1) is 0 Å². The summed E-state index contributed by atoms with van der Waals surface area (Å²) in [4.78, 5) is 4.22. The van der Waals surface area contributed by atoms with Crippen molar-refractivity contribution < 1.29 is 8.42 Å². The molecule has 0 aliphatic carbocycles. The maximum Gasteiger partial charge on any atom is 0.241 e. The molecular weight excluding hydrogens is 286 g/mol. The van der Waals surface area contributed by atoms with Gasteiger partial charge in [0, 0.05) is 34.7 Å². The average Bonchev–Trinajstić information content (AvgIpc) is 2.36. The Morgan fingerprint density at radius 1 is 1.10 bits per heavy atom. The minimum Gasteiger partial charge on any atom is -0.398 e. The van der Waals surface area contributed by atoms with E-state index in [0.717, 1.165) is 0 Å². The third kappa shape index (κ3) is 3.59. The van der Waals surface area contributed by atoms with E-state index in [-0.39, 0.29) is 4.90 Å². The summed E-state index contributed by atoms with van der Waals surface area (Å²) in [6, 6.07) is 8.40. The highest BCUT2D eigenvalue weighted by Gasteiger charge is 2.25. The highest BCUT2D eigenvalue weighted by molar-refractivity contribution is 7.89. The number of anilines is 1. The monoisotopic (exact) mass is 305 g/mol. The quantitative estimate of drug-likeness (QED) is 0.912. The normalized spacial score (nSPS) is 12.3. The van der Waals surface area contributed by atoms with Crippen LogP contribution in [0.4, 0.5) is 5.69 Å². The summed E-state index contributed by atoms with van der Waals surface area (Å²) in [5.74, 6) is 0. The summed E-state index contributed by atoms with van der Waals surface area (Å²) in [5.41, 5.74) is 7.01. The molecule has 2 rings (SSSR count). The lowest BCUT2D eigenvalue weighted by atomic mass is 10.1. The summed E-state index contributed by atoms with van der Waals surface area (Å²) < 4.78 is 27.8. The fourth-order valence-corrected chi connectivity index (χ4v) is 3.65. The maximum atomic E-state index is 12.6. The molecule has 0 aliphatic heterocycles. The molecule has 112 valence electrons. The molecule has 0 amide bonds. The van der Waals surface area contributed by atoms with Gasteiger partial charge in [-0.05, 0) is 32.9 Å². The second-order valence-electron chi connectivity index (χ2n) is 5.81. The SMILES string of the molecule is CC(C)(C)NS(=O)(=O)c1ccccc1-c1cnccc1N. The van der Waals surface area contributed by atoms with Crippen molar-refractivity contribution in [1.82, 2.24) is 9.71 Å². The number of nitrogens with one attached hydrogen (secondary N) is 1. The zero-order valence-electron chi connectivity index (χ0n) is 12.3. The molecule has 6 heteroatoms. The summed E-state index contributed by atoms with van der Waals surface area (Å²) in [6.45, 7) is 5.39. The van der Waals surface area contributed by atoms with E-state index in [9.17, 15) is 8.42 Å². The highest BCUT2D eigenvalue weighted by Crippen LogP contribution is 2.31. The van der Waals surface area contributed by atoms with Gasteiger partial charge < -0.3 is 5.73 Å². The number of hydrogen-bond acceptors (Lipinski definition) is 4. The molecule has 0 spiro atoms. The zero-order valence-corrected chi connectivity index (χ0v) is 13.1. The van der Waals surface area contributed by atoms with E-state index in [1.54, 1.807) is 63.5 Å². The van der Waals surface area contributed by atoms with Gasteiger partial charge in [-0.1, -0.05) is 18.2 Å². The lowest BCUT2D eigenvalue weighted by Crippen LogP contribution is -2.40. The van der Waals surface area contributed by atoms with Crippen LogP contribution < -0.4 is 10.5 Å². The number of aromatic nitrogens is 1. The van der Waals surface area contributed by atoms with E-state index >= 15 is 0 Å². The Labute approximate surface area is 125 Å². The molecule has 1 aromatic carbocycles. The predicted molar refractivity (Wildman–Crippen MR) is 84.2 cm³/mol. The summed E-state index contributed by atoms with van der Waals surface area (Å²) in [7, 11) is -3.65. The molecule has 21 heavy (non-hydrogen) atoms. The first-order chi connectivity index (χ1) is 9.71. The van der Waals surface area contributed by atoms with Gasteiger partial charge in [0.15, 0.2) is 0 Å². The van der Waals surface area contributed by atoms with E-state index in [4.69, 9.17) is 5.73 Å². The molecule has 0 saturated heterocycles. The van der Waals surface area contributed by atoms with E-state index in [1.165, 1.54) is 0 Å². The number of nitrogens with two attached hydrogens (primary N) is 1. The molecule has 0 radical (unpaired) electrons. The number of pyridine rings is 1. The third-order valence-corrected chi connectivity index (χ3v) is 4.58. The van der Waals surface area contributed by atoms with Crippen molar-refractivity contribution in [1.29, 1.82) is 0 Å². The molecule has 0 saturated carbocycles. The number of hydrogen-bond donors (Lipinski definition) is 2. The lowest BCUT2D eigenvalue weighted by Gasteiger charge is -2.21. The Kier molecular flexibility index (Phi) is 4.02.